The van der Waals surface area contributed by atoms with E-state index in [-0.39, 0.29) is 30.1 Å². The van der Waals surface area contributed by atoms with Crippen LogP contribution in [0.15, 0.2) is 18.2 Å². The zero-order valence-corrected chi connectivity index (χ0v) is 11.3. The molecule has 1 rings (SSSR count). The number of halogens is 2. The molecule has 0 bridgehead atoms. The van der Waals surface area contributed by atoms with Crippen molar-refractivity contribution in [2.75, 3.05) is 32.1 Å². The summed E-state index contributed by atoms with van der Waals surface area (Å²) in [6.07, 6.45) is -2.57. The highest BCUT2D eigenvalue weighted by molar-refractivity contribution is 6.00. The number of alkyl halides is 2. The topological polar surface area (TPSA) is 93.5 Å². The van der Waals surface area contributed by atoms with Gasteiger partial charge in [-0.15, -0.1) is 0 Å². The predicted octanol–water partition coefficient (Wildman–Crippen LogP) is 1.65. The van der Waals surface area contributed by atoms with Gasteiger partial charge in [0, 0.05) is 13.6 Å². The van der Waals surface area contributed by atoms with E-state index in [0.29, 0.717) is 0 Å². The van der Waals surface area contributed by atoms with Gasteiger partial charge in [0.25, 0.3) is 12.3 Å². The number of ether oxygens (including phenoxy) is 1. The van der Waals surface area contributed by atoms with Gasteiger partial charge >= 0.3 is 5.69 Å². The van der Waals surface area contributed by atoms with Crippen molar-refractivity contribution < 1.29 is 23.2 Å². The smallest absolute Gasteiger partial charge is 0.305 e. The molecule has 0 fully saturated rings. The van der Waals surface area contributed by atoms with Crippen LogP contribution in [0.1, 0.15) is 10.4 Å². The monoisotopic (exact) mass is 303 g/mol. The summed E-state index contributed by atoms with van der Waals surface area (Å²) in [5, 5.41) is 16.0. The maximum Gasteiger partial charge on any atom is 0.305 e. The average Bonchev–Trinajstić information content (AvgIpc) is 2.45. The Labute approximate surface area is 119 Å². The SMILES string of the molecule is CNc1cccc(C(=O)NCCOCC(F)F)c1[N+](=O)[O-]. The molecule has 0 aliphatic heterocycles. The summed E-state index contributed by atoms with van der Waals surface area (Å²) in [6.45, 7) is -0.840. The summed E-state index contributed by atoms with van der Waals surface area (Å²) < 4.78 is 28.2. The Morgan fingerprint density at radius 1 is 1.48 bits per heavy atom. The van der Waals surface area contributed by atoms with Crippen LogP contribution < -0.4 is 10.6 Å². The number of benzene rings is 1. The number of nitro groups is 1. The minimum absolute atomic E-state index is 0.0213. The number of carbonyl (C=O) groups is 1. The van der Waals surface area contributed by atoms with E-state index in [4.69, 9.17) is 0 Å². The molecule has 0 aliphatic carbocycles. The third-order valence-electron chi connectivity index (χ3n) is 2.51. The van der Waals surface area contributed by atoms with Crippen LogP contribution >= 0.6 is 0 Å². The fourth-order valence-electron chi connectivity index (χ4n) is 1.63. The van der Waals surface area contributed by atoms with Gasteiger partial charge in [0.15, 0.2) is 0 Å². The van der Waals surface area contributed by atoms with Crippen LogP contribution in [0, 0.1) is 10.1 Å². The fourth-order valence-corrected chi connectivity index (χ4v) is 1.63. The van der Waals surface area contributed by atoms with Gasteiger partial charge in [-0.1, -0.05) is 6.07 Å². The molecule has 1 aromatic rings. The number of carbonyl (C=O) groups excluding carboxylic acids is 1. The molecule has 0 heterocycles. The Balaban J connectivity index is 2.68. The first-order chi connectivity index (χ1) is 9.97. The number of hydrogen-bond donors (Lipinski definition) is 2. The summed E-state index contributed by atoms with van der Waals surface area (Å²) >= 11 is 0. The number of hydrogen-bond acceptors (Lipinski definition) is 5. The van der Waals surface area contributed by atoms with E-state index in [2.05, 4.69) is 15.4 Å². The maximum atomic E-state index is 11.9. The summed E-state index contributed by atoms with van der Waals surface area (Å²) in [7, 11) is 1.50. The molecule has 21 heavy (non-hydrogen) atoms. The van der Waals surface area contributed by atoms with Crippen molar-refractivity contribution in [1.29, 1.82) is 0 Å². The summed E-state index contributed by atoms with van der Waals surface area (Å²) in [4.78, 5) is 22.3. The lowest BCUT2D eigenvalue weighted by Crippen LogP contribution is -2.28. The van der Waals surface area contributed by atoms with E-state index in [1.165, 1.54) is 25.2 Å². The minimum atomic E-state index is -2.57. The summed E-state index contributed by atoms with van der Waals surface area (Å²) in [6, 6.07) is 4.29. The molecule has 0 radical (unpaired) electrons. The number of amides is 1. The molecule has 1 amide bonds. The van der Waals surface area contributed by atoms with Crippen LogP contribution in [0.4, 0.5) is 20.2 Å². The van der Waals surface area contributed by atoms with E-state index in [9.17, 15) is 23.7 Å². The van der Waals surface area contributed by atoms with Gasteiger partial charge in [-0.25, -0.2) is 8.78 Å². The predicted molar refractivity (Wildman–Crippen MR) is 71.8 cm³/mol. The second-order valence-electron chi connectivity index (χ2n) is 3.93. The van der Waals surface area contributed by atoms with Gasteiger partial charge in [-0.05, 0) is 12.1 Å². The van der Waals surface area contributed by atoms with Crippen LogP contribution in [-0.2, 0) is 4.74 Å². The van der Waals surface area contributed by atoms with Crippen molar-refractivity contribution in [2.45, 2.75) is 6.43 Å². The van der Waals surface area contributed by atoms with Crippen molar-refractivity contribution in [3.63, 3.8) is 0 Å². The van der Waals surface area contributed by atoms with Gasteiger partial charge < -0.3 is 15.4 Å². The van der Waals surface area contributed by atoms with Crippen LogP contribution in [0.5, 0.6) is 0 Å². The largest absolute Gasteiger partial charge is 0.383 e. The Kier molecular flexibility index (Phi) is 6.47. The van der Waals surface area contributed by atoms with E-state index < -0.39 is 23.9 Å². The lowest BCUT2D eigenvalue weighted by molar-refractivity contribution is -0.384. The highest BCUT2D eigenvalue weighted by Gasteiger charge is 2.23. The van der Waals surface area contributed by atoms with Gasteiger partial charge in [0.1, 0.15) is 17.9 Å². The molecule has 2 N–H and O–H groups in total. The first-order valence-corrected chi connectivity index (χ1v) is 6.06. The molecule has 0 spiro atoms. The van der Waals surface area contributed by atoms with E-state index in [0.717, 1.165) is 0 Å². The van der Waals surface area contributed by atoms with Crippen LogP contribution in [0.2, 0.25) is 0 Å². The molecule has 1 aromatic carbocycles. The summed E-state index contributed by atoms with van der Waals surface area (Å²) in [5.41, 5.74) is -0.242. The van der Waals surface area contributed by atoms with Gasteiger partial charge in [0.05, 0.1) is 11.5 Å². The Morgan fingerprint density at radius 2 is 2.19 bits per heavy atom. The normalized spacial score (nSPS) is 10.5. The number of nitro benzene ring substituents is 1. The lowest BCUT2D eigenvalue weighted by atomic mass is 10.1. The number of para-hydroxylation sites is 1. The number of nitrogens with one attached hydrogen (secondary N) is 2. The molecule has 0 atom stereocenters. The van der Waals surface area contributed by atoms with Crippen molar-refractivity contribution in [2.24, 2.45) is 0 Å². The highest BCUT2D eigenvalue weighted by atomic mass is 19.3. The van der Waals surface area contributed by atoms with E-state index >= 15 is 0 Å². The van der Waals surface area contributed by atoms with Crippen LogP contribution in [0.3, 0.4) is 0 Å². The molecule has 0 saturated carbocycles. The second kappa shape index (κ2) is 8.10. The minimum Gasteiger partial charge on any atom is -0.383 e. The lowest BCUT2D eigenvalue weighted by Gasteiger charge is -2.09. The molecule has 116 valence electrons. The van der Waals surface area contributed by atoms with E-state index in [1.54, 1.807) is 0 Å². The molecule has 0 unspecified atom stereocenters. The zero-order chi connectivity index (χ0) is 15.8. The molecular formula is C12H15F2N3O4. The highest BCUT2D eigenvalue weighted by Crippen LogP contribution is 2.27. The number of anilines is 1. The van der Waals surface area contributed by atoms with Crippen LogP contribution in [0.25, 0.3) is 0 Å². The first kappa shape index (κ1) is 16.8. The average molecular weight is 303 g/mol. The molecule has 7 nitrogen and oxygen atoms in total. The third-order valence-corrected chi connectivity index (χ3v) is 2.51. The zero-order valence-electron chi connectivity index (χ0n) is 11.3. The fraction of sp³-hybridized carbons (Fsp3) is 0.417. The Morgan fingerprint density at radius 3 is 2.76 bits per heavy atom. The number of nitrogens with zero attached hydrogens (tertiary/aromatic N) is 1. The molecule has 0 aliphatic rings. The Bertz CT molecular complexity index is 511. The van der Waals surface area contributed by atoms with Crippen molar-refractivity contribution in [3.8, 4) is 0 Å². The van der Waals surface area contributed by atoms with Crippen molar-refractivity contribution >= 4 is 17.3 Å². The van der Waals surface area contributed by atoms with Gasteiger partial charge in [-0.3, -0.25) is 14.9 Å². The summed E-state index contributed by atoms with van der Waals surface area (Å²) in [5.74, 6) is -0.667. The third kappa shape index (κ3) is 4.95. The van der Waals surface area contributed by atoms with Crippen LogP contribution in [-0.4, -0.2) is 44.1 Å². The Hall–Kier alpha value is -2.29. The maximum absolute atomic E-state index is 11.9. The van der Waals surface area contributed by atoms with E-state index in [1.807, 2.05) is 0 Å². The van der Waals surface area contributed by atoms with Crippen molar-refractivity contribution in [1.82, 2.24) is 5.32 Å². The van der Waals surface area contributed by atoms with Gasteiger partial charge in [-0.2, -0.15) is 0 Å². The molecule has 9 heteroatoms. The van der Waals surface area contributed by atoms with Crippen molar-refractivity contribution in [3.05, 3.63) is 33.9 Å². The second-order valence-corrected chi connectivity index (χ2v) is 3.93. The molecule has 0 aromatic heterocycles. The first-order valence-electron chi connectivity index (χ1n) is 6.06. The van der Waals surface area contributed by atoms with Gasteiger partial charge in [0.2, 0.25) is 0 Å². The molecule has 0 saturated heterocycles. The number of rotatable bonds is 8. The quantitative estimate of drug-likeness (QED) is 0.432. The standard InChI is InChI=1S/C12H15F2N3O4/c1-15-9-4-2-3-8(11(9)17(19)20)12(18)16-5-6-21-7-10(13)14/h2-4,10,15H,5-7H2,1H3,(H,16,18). The molecular weight excluding hydrogens is 288 g/mol.